The highest BCUT2D eigenvalue weighted by Crippen LogP contribution is 2.26. The number of amides is 2. The van der Waals surface area contributed by atoms with Crippen molar-refractivity contribution in [2.24, 2.45) is 0 Å². The van der Waals surface area contributed by atoms with Crippen molar-refractivity contribution in [2.75, 3.05) is 6.61 Å². The van der Waals surface area contributed by atoms with Crippen molar-refractivity contribution in [1.82, 2.24) is 14.9 Å². The van der Waals surface area contributed by atoms with Crippen LogP contribution in [0.1, 0.15) is 39.0 Å². The van der Waals surface area contributed by atoms with Gasteiger partial charge in [0.05, 0.1) is 13.2 Å². The molecule has 0 saturated carbocycles. The van der Waals surface area contributed by atoms with Crippen LogP contribution in [0.2, 0.25) is 0 Å². The van der Waals surface area contributed by atoms with Crippen molar-refractivity contribution in [2.45, 2.75) is 20.1 Å². The van der Waals surface area contributed by atoms with Crippen molar-refractivity contribution < 1.29 is 23.9 Å². The second-order valence-corrected chi connectivity index (χ2v) is 9.05. The van der Waals surface area contributed by atoms with Crippen LogP contribution < -0.4 is 0 Å². The summed E-state index contributed by atoms with van der Waals surface area (Å²) in [6.07, 6.45) is 0.773. The molecule has 0 fully saturated rings. The number of pyridine rings is 1. The normalized spacial score (nSPS) is 10.7. The molecule has 2 aromatic heterocycles. The summed E-state index contributed by atoms with van der Waals surface area (Å²) in [5.74, 6) is -0.995. The third-order valence-electron chi connectivity index (χ3n) is 6.28. The summed E-state index contributed by atoms with van der Waals surface area (Å²) in [7, 11) is 0. The predicted octanol–water partition coefficient (Wildman–Crippen LogP) is 6.39. The van der Waals surface area contributed by atoms with Gasteiger partial charge in [-0.3, -0.25) is 9.78 Å². The lowest BCUT2D eigenvalue weighted by atomic mass is 10.0. The van der Waals surface area contributed by atoms with Crippen LogP contribution in [0.15, 0.2) is 103 Å². The number of imide groups is 1. The number of aromatic nitrogens is 2. The van der Waals surface area contributed by atoms with E-state index in [9.17, 15) is 14.4 Å². The third-order valence-corrected chi connectivity index (χ3v) is 6.28. The standard InChI is InChI=1S/C32H27N3O5/c1-2-39-31(37)29-19-26-17-24(13-14-27(26)34-29)25-15-16-33-28(18-25)30(36)35(20-22-9-5-3-6-10-22)32(38)40-21-23-11-7-4-8-12-23/h3-19,34H,2,20-21H2,1H3. The smallest absolute Gasteiger partial charge is 0.417 e. The maximum atomic E-state index is 13.6. The fourth-order valence-electron chi connectivity index (χ4n) is 4.28. The lowest BCUT2D eigenvalue weighted by molar-refractivity contribution is 0.0519. The Labute approximate surface area is 231 Å². The Hall–Kier alpha value is -5.24. The van der Waals surface area contributed by atoms with Crippen LogP contribution in [0.4, 0.5) is 4.79 Å². The summed E-state index contributed by atoms with van der Waals surface area (Å²) in [4.78, 5) is 47.3. The summed E-state index contributed by atoms with van der Waals surface area (Å²) >= 11 is 0. The van der Waals surface area contributed by atoms with Gasteiger partial charge in [-0.25, -0.2) is 14.5 Å². The number of aromatic amines is 1. The summed E-state index contributed by atoms with van der Waals surface area (Å²) in [5.41, 5.74) is 4.40. The molecule has 0 spiro atoms. The molecule has 200 valence electrons. The number of benzene rings is 3. The summed E-state index contributed by atoms with van der Waals surface area (Å²) in [6, 6.07) is 29.3. The minimum Gasteiger partial charge on any atom is -0.461 e. The van der Waals surface area contributed by atoms with E-state index in [2.05, 4.69) is 9.97 Å². The fraction of sp³-hybridized carbons (Fsp3) is 0.125. The zero-order valence-corrected chi connectivity index (χ0v) is 21.9. The number of carbonyl (C=O) groups is 3. The highest BCUT2D eigenvalue weighted by molar-refractivity contribution is 6.02. The minimum atomic E-state index is -0.759. The second-order valence-electron chi connectivity index (χ2n) is 9.05. The molecule has 0 radical (unpaired) electrons. The van der Waals surface area contributed by atoms with E-state index in [4.69, 9.17) is 9.47 Å². The van der Waals surface area contributed by atoms with Crippen LogP contribution in [0.3, 0.4) is 0 Å². The Morgan fingerprint density at radius 2 is 1.50 bits per heavy atom. The number of nitrogens with zero attached hydrogens (tertiary/aromatic N) is 2. The average Bonchev–Trinajstić information content (AvgIpc) is 3.43. The lowest BCUT2D eigenvalue weighted by Gasteiger charge is -2.20. The molecule has 8 nitrogen and oxygen atoms in total. The van der Waals surface area contributed by atoms with E-state index < -0.39 is 18.0 Å². The number of carbonyl (C=O) groups excluding carboxylic acids is 3. The zero-order valence-electron chi connectivity index (χ0n) is 21.9. The maximum Gasteiger partial charge on any atom is 0.417 e. The van der Waals surface area contributed by atoms with Gasteiger partial charge in [0.25, 0.3) is 5.91 Å². The summed E-state index contributed by atoms with van der Waals surface area (Å²) in [5, 5.41) is 0.820. The molecular weight excluding hydrogens is 506 g/mol. The number of nitrogens with one attached hydrogen (secondary N) is 1. The molecule has 1 N–H and O–H groups in total. The van der Waals surface area contributed by atoms with Gasteiger partial charge in [-0.15, -0.1) is 0 Å². The first-order chi connectivity index (χ1) is 19.5. The average molecular weight is 534 g/mol. The molecule has 0 aliphatic carbocycles. The van der Waals surface area contributed by atoms with Crippen molar-refractivity contribution >= 4 is 28.9 Å². The Morgan fingerprint density at radius 3 is 2.23 bits per heavy atom. The molecule has 5 rings (SSSR count). The largest absolute Gasteiger partial charge is 0.461 e. The van der Waals surface area contributed by atoms with E-state index in [1.807, 2.05) is 78.9 Å². The molecule has 2 heterocycles. The Balaban J connectivity index is 1.41. The van der Waals surface area contributed by atoms with E-state index in [0.717, 1.165) is 38.1 Å². The first-order valence-corrected chi connectivity index (χ1v) is 12.8. The molecule has 0 saturated heterocycles. The van der Waals surface area contributed by atoms with Gasteiger partial charge in [-0.1, -0.05) is 66.7 Å². The topological polar surface area (TPSA) is 102 Å². The maximum absolute atomic E-state index is 13.6. The van der Waals surface area contributed by atoms with Crippen molar-refractivity contribution in [3.63, 3.8) is 0 Å². The third kappa shape index (κ3) is 6.07. The van der Waals surface area contributed by atoms with E-state index in [-0.39, 0.29) is 25.5 Å². The number of hydrogen-bond donors (Lipinski definition) is 1. The van der Waals surface area contributed by atoms with Crippen LogP contribution >= 0.6 is 0 Å². The Bertz CT molecular complexity index is 1650. The molecule has 0 aliphatic rings. The number of H-pyrrole nitrogens is 1. The fourth-order valence-corrected chi connectivity index (χ4v) is 4.28. The SMILES string of the molecule is CCOC(=O)c1cc2cc(-c3ccnc(C(=O)N(Cc4ccccc4)C(=O)OCc4ccccc4)c3)ccc2[nH]1. The lowest BCUT2D eigenvalue weighted by Crippen LogP contribution is -2.37. The van der Waals surface area contributed by atoms with Crippen molar-refractivity contribution in [1.29, 1.82) is 0 Å². The monoisotopic (exact) mass is 533 g/mol. The van der Waals surface area contributed by atoms with Crippen molar-refractivity contribution in [3.05, 3.63) is 126 Å². The van der Waals surface area contributed by atoms with Gasteiger partial charge in [0.2, 0.25) is 0 Å². The molecule has 8 heteroatoms. The first-order valence-electron chi connectivity index (χ1n) is 12.8. The van der Waals surface area contributed by atoms with Crippen LogP contribution in [0.5, 0.6) is 0 Å². The van der Waals surface area contributed by atoms with Crippen LogP contribution in [-0.2, 0) is 22.6 Å². The molecule has 2 amide bonds. The van der Waals surface area contributed by atoms with E-state index in [1.165, 1.54) is 6.20 Å². The summed E-state index contributed by atoms with van der Waals surface area (Å²) < 4.78 is 10.6. The summed E-state index contributed by atoms with van der Waals surface area (Å²) in [6.45, 7) is 2.11. The van der Waals surface area contributed by atoms with Gasteiger partial charge in [-0.2, -0.15) is 0 Å². The van der Waals surface area contributed by atoms with Gasteiger partial charge in [0.15, 0.2) is 0 Å². The number of ether oxygens (including phenoxy) is 2. The van der Waals surface area contributed by atoms with E-state index in [0.29, 0.717) is 5.69 Å². The van der Waals surface area contributed by atoms with E-state index >= 15 is 0 Å². The van der Waals surface area contributed by atoms with Gasteiger partial charge >= 0.3 is 12.1 Å². The first kappa shape index (κ1) is 26.4. The number of esters is 1. The quantitative estimate of drug-likeness (QED) is 0.232. The molecule has 0 bridgehead atoms. The van der Waals surface area contributed by atoms with Gasteiger partial charge < -0.3 is 14.5 Å². The van der Waals surface area contributed by atoms with E-state index in [1.54, 1.807) is 25.1 Å². The zero-order chi connectivity index (χ0) is 27.9. The van der Waals surface area contributed by atoms with Gasteiger partial charge in [-0.05, 0) is 59.5 Å². The Kier molecular flexibility index (Phi) is 7.97. The molecule has 40 heavy (non-hydrogen) atoms. The molecule has 0 aliphatic heterocycles. The van der Waals surface area contributed by atoms with Gasteiger partial charge in [0, 0.05) is 17.1 Å². The Morgan fingerprint density at radius 1 is 0.800 bits per heavy atom. The predicted molar refractivity (Wildman–Crippen MR) is 150 cm³/mol. The highest BCUT2D eigenvalue weighted by Gasteiger charge is 2.26. The molecule has 3 aromatic carbocycles. The van der Waals surface area contributed by atoms with Gasteiger partial charge in [0.1, 0.15) is 18.0 Å². The number of fused-ring (bicyclic) bond motifs is 1. The van der Waals surface area contributed by atoms with Crippen LogP contribution in [-0.4, -0.2) is 39.4 Å². The molecule has 0 unspecified atom stereocenters. The molecule has 5 aromatic rings. The molecular formula is C32H27N3O5. The highest BCUT2D eigenvalue weighted by atomic mass is 16.6. The van der Waals surface area contributed by atoms with Crippen LogP contribution in [0.25, 0.3) is 22.0 Å². The second kappa shape index (κ2) is 12.1. The number of hydrogen-bond acceptors (Lipinski definition) is 6. The molecule has 0 atom stereocenters. The number of rotatable bonds is 8. The van der Waals surface area contributed by atoms with Crippen LogP contribution in [0, 0.1) is 0 Å². The van der Waals surface area contributed by atoms with Crippen molar-refractivity contribution in [3.8, 4) is 11.1 Å². The minimum absolute atomic E-state index is 0.0329.